The van der Waals surface area contributed by atoms with Gasteiger partial charge in [0.15, 0.2) is 0 Å². The molecule has 1 fully saturated rings. The lowest BCUT2D eigenvalue weighted by molar-refractivity contribution is 0.415. The largest absolute Gasteiger partial charge is 0.497 e. The number of nitrogens with one attached hydrogen (secondary N) is 3. The minimum absolute atomic E-state index is 0.459. The third kappa shape index (κ3) is 6.91. The molecule has 0 atom stereocenters. The molecule has 6 aromatic rings. The summed E-state index contributed by atoms with van der Waals surface area (Å²) in [6.07, 6.45) is 0. The van der Waals surface area contributed by atoms with Gasteiger partial charge < -0.3 is 35.2 Å². The van der Waals surface area contributed by atoms with E-state index >= 15 is 0 Å². The first kappa shape index (κ1) is 31.1. The van der Waals surface area contributed by atoms with Gasteiger partial charge in [0.1, 0.15) is 11.5 Å². The van der Waals surface area contributed by atoms with Crippen molar-refractivity contribution in [2.24, 2.45) is 0 Å². The highest BCUT2D eigenvalue weighted by atomic mass is 35.5. The Hall–Kier alpha value is -5.55. The normalized spacial score (nSPS) is 13.1. The van der Waals surface area contributed by atoms with Gasteiger partial charge in [-0.15, -0.1) is 0 Å². The molecule has 0 aliphatic carbocycles. The molecule has 244 valence electrons. The molecule has 12 heteroatoms. The lowest BCUT2D eigenvalue weighted by Crippen LogP contribution is -2.47. The second kappa shape index (κ2) is 14.1. The summed E-state index contributed by atoms with van der Waals surface area (Å²) in [7, 11) is 3.31. The molecule has 3 N–H and O–H groups in total. The monoisotopic (exact) mass is 661 g/mol. The first-order valence-electron chi connectivity index (χ1n) is 15.8. The zero-order valence-electron chi connectivity index (χ0n) is 26.8. The molecule has 1 aliphatic heterocycles. The topological polar surface area (TPSA) is 113 Å². The van der Waals surface area contributed by atoms with Crippen molar-refractivity contribution < 1.29 is 9.47 Å². The maximum Gasteiger partial charge on any atom is 0.233 e. The number of pyridine rings is 1. The van der Waals surface area contributed by atoms with E-state index in [9.17, 15) is 0 Å². The predicted octanol–water partition coefficient (Wildman–Crippen LogP) is 6.84. The van der Waals surface area contributed by atoms with Crippen LogP contribution in [0, 0.1) is 0 Å². The predicted molar refractivity (Wildman–Crippen MR) is 195 cm³/mol. The number of piperazine rings is 1. The fourth-order valence-electron chi connectivity index (χ4n) is 5.82. The number of methoxy groups -OCH3 is 2. The molecule has 2 aromatic heterocycles. The van der Waals surface area contributed by atoms with E-state index in [1.165, 1.54) is 5.69 Å². The van der Waals surface area contributed by atoms with E-state index in [-0.39, 0.29) is 0 Å². The van der Waals surface area contributed by atoms with Crippen molar-refractivity contribution >= 4 is 68.3 Å². The van der Waals surface area contributed by atoms with Crippen LogP contribution in [0.4, 0.5) is 34.9 Å². The average molecular weight is 662 g/mol. The summed E-state index contributed by atoms with van der Waals surface area (Å²) in [5.74, 6) is 3.11. The molecular weight excluding hydrogens is 626 g/mol. The van der Waals surface area contributed by atoms with Crippen LogP contribution in [0.3, 0.4) is 0 Å². The Morgan fingerprint density at radius 1 is 0.646 bits per heavy atom. The molecule has 0 unspecified atom stereocenters. The van der Waals surface area contributed by atoms with Gasteiger partial charge in [0.25, 0.3) is 0 Å². The second-order valence-electron chi connectivity index (χ2n) is 11.3. The molecule has 11 nitrogen and oxygen atoms in total. The van der Waals surface area contributed by atoms with E-state index < -0.39 is 0 Å². The van der Waals surface area contributed by atoms with Crippen LogP contribution >= 0.6 is 11.6 Å². The molecule has 7 rings (SSSR count). The minimum Gasteiger partial charge on any atom is -0.497 e. The van der Waals surface area contributed by atoms with Crippen LogP contribution in [0.5, 0.6) is 11.5 Å². The molecule has 0 saturated carbocycles. The molecule has 0 bridgehead atoms. The Morgan fingerprint density at radius 3 is 2.12 bits per heavy atom. The van der Waals surface area contributed by atoms with Crippen molar-refractivity contribution in [2.45, 2.75) is 0 Å². The van der Waals surface area contributed by atoms with Crippen molar-refractivity contribution in [1.82, 2.24) is 19.9 Å². The first-order chi connectivity index (χ1) is 23.6. The average Bonchev–Trinajstić information content (AvgIpc) is 3.13. The standard InChI is InChI=1S/C36H36ClN9O2/c1-47-27-11-9-25(10-12-27)40-35-42-34(43-36(44-35)46-20-18-45(19-21-46)26-6-4-3-5-7-26)39-17-16-38-33-29-14-8-24(37)22-32(29)41-31-15-13-28(48-2)23-30(31)33/h3-15,22-23H,16-21H2,1-2H3,(H,38,41)(H2,39,40,42,43,44). The molecule has 1 aliphatic rings. The van der Waals surface area contributed by atoms with Crippen LogP contribution in [0.15, 0.2) is 91.0 Å². The summed E-state index contributed by atoms with van der Waals surface area (Å²) in [6, 6.07) is 29.8. The Balaban J connectivity index is 1.10. The Morgan fingerprint density at radius 2 is 1.35 bits per heavy atom. The molecule has 4 aromatic carbocycles. The zero-order chi connectivity index (χ0) is 32.9. The number of fused-ring (bicyclic) bond motifs is 2. The number of rotatable bonds is 11. The highest BCUT2D eigenvalue weighted by Gasteiger charge is 2.21. The molecule has 0 amide bonds. The summed E-state index contributed by atoms with van der Waals surface area (Å²) in [4.78, 5) is 23.8. The Kier molecular flexibility index (Phi) is 9.10. The smallest absolute Gasteiger partial charge is 0.233 e. The van der Waals surface area contributed by atoms with Gasteiger partial charge in [0, 0.05) is 66.4 Å². The van der Waals surface area contributed by atoms with Crippen molar-refractivity contribution in [1.29, 1.82) is 0 Å². The molecule has 1 saturated heterocycles. The molecule has 0 spiro atoms. The molecular formula is C36H36ClN9O2. The third-order valence-corrected chi connectivity index (χ3v) is 8.54. The fraction of sp³-hybridized carbons (Fsp3) is 0.222. The molecule has 3 heterocycles. The van der Waals surface area contributed by atoms with Gasteiger partial charge in [-0.25, -0.2) is 4.98 Å². The summed E-state index contributed by atoms with van der Waals surface area (Å²) >= 11 is 6.32. The van der Waals surface area contributed by atoms with Gasteiger partial charge in [-0.3, -0.25) is 0 Å². The van der Waals surface area contributed by atoms with Crippen LogP contribution in [-0.2, 0) is 0 Å². The summed E-state index contributed by atoms with van der Waals surface area (Å²) in [5, 5.41) is 13.0. The van der Waals surface area contributed by atoms with E-state index in [4.69, 9.17) is 41.0 Å². The van der Waals surface area contributed by atoms with Gasteiger partial charge in [0.05, 0.1) is 30.9 Å². The lowest BCUT2D eigenvalue weighted by atomic mass is 10.1. The summed E-state index contributed by atoms with van der Waals surface area (Å²) < 4.78 is 10.8. The fourth-order valence-corrected chi connectivity index (χ4v) is 5.99. The van der Waals surface area contributed by atoms with E-state index in [1.54, 1.807) is 14.2 Å². The first-order valence-corrected chi connectivity index (χ1v) is 16.2. The van der Waals surface area contributed by atoms with Crippen LogP contribution < -0.4 is 35.2 Å². The number of hydrogen-bond donors (Lipinski definition) is 3. The van der Waals surface area contributed by atoms with Crippen LogP contribution in [0.1, 0.15) is 0 Å². The number of para-hydroxylation sites is 1. The Labute approximate surface area is 283 Å². The third-order valence-electron chi connectivity index (χ3n) is 8.31. The minimum atomic E-state index is 0.459. The number of nitrogens with zero attached hydrogens (tertiary/aromatic N) is 6. The summed E-state index contributed by atoms with van der Waals surface area (Å²) in [5.41, 5.74) is 4.70. The summed E-state index contributed by atoms with van der Waals surface area (Å²) in [6.45, 7) is 4.46. The maximum absolute atomic E-state index is 6.32. The van der Waals surface area contributed by atoms with Gasteiger partial charge in [-0.2, -0.15) is 15.0 Å². The van der Waals surface area contributed by atoms with Crippen molar-refractivity contribution in [2.75, 3.05) is 79.2 Å². The number of aromatic nitrogens is 4. The SMILES string of the molecule is COc1ccc(Nc2nc(NCCNc3c4ccc(Cl)cc4nc4ccc(OC)cc34)nc(N3CCN(c4ccccc4)CC3)n2)cc1. The van der Waals surface area contributed by atoms with Crippen molar-refractivity contribution in [3.05, 3.63) is 96.0 Å². The number of halogens is 1. The second-order valence-corrected chi connectivity index (χ2v) is 11.8. The van der Waals surface area contributed by atoms with Gasteiger partial charge in [0.2, 0.25) is 17.8 Å². The lowest BCUT2D eigenvalue weighted by Gasteiger charge is -2.36. The van der Waals surface area contributed by atoms with Gasteiger partial charge in [-0.1, -0.05) is 29.8 Å². The Bertz CT molecular complexity index is 2020. The molecule has 0 radical (unpaired) electrons. The quantitative estimate of drug-likeness (QED) is 0.100. The molecule has 48 heavy (non-hydrogen) atoms. The van der Waals surface area contributed by atoms with E-state index in [0.29, 0.717) is 36.0 Å². The van der Waals surface area contributed by atoms with Crippen LogP contribution in [0.25, 0.3) is 21.8 Å². The maximum atomic E-state index is 6.32. The highest BCUT2D eigenvalue weighted by Crippen LogP contribution is 2.34. The number of anilines is 6. The van der Waals surface area contributed by atoms with Crippen molar-refractivity contribution in [3.63, 3.8) is 0 Å². The van der Waals surface area contributed by atoms with Crippen LogP contribution in [0.2, 0.25) is 5.02 Å². The number of hydrogen-bond acceptors (Lipinski definition) is 11. The number of benzene rings is 4. The van der Waals surface area contributed by atoms with Crippen LogP contribution in [-0.4, -0.2) is 73.4 Å². The number of ether oxygens (including phenoxy) is 2. The van der Waals surface area contributed by atoms with E-state index in [0.717, 1.165) is 70.9 Å². The van der Waals surface area contributed by atoms with Gasteiger partial charge in [-0.05, 0) is 72.8 Å². The van der Waals surface area contributed by atoms with E-state index in [2.05, 4.69) is 50.0 Å². The van der Waals surface area contributed by atoms with E-state index in [1.807, 2.05) is 66.7 Å². The zero-order valence-corrected chi connectivity index (χ0v) is 27.5. The van der Waals surface area contributed by atoms with Gasteiger partial charge >= 0.3 is 0 Å². The van der Waals surface area contributed by atoms with Crippen molar-refractivity contribution in [3.8, 4) is 11.5 Å². The highest BCUT2D eigenvalue weighted by molar-refractivity contribution is 6.31.